The first-order valence-electron chi connectivity index (χ1n) is 4.82. The molecule has 0 radical (unpaired) electrons. The van der Waals surface area contributed by atoms with Crippen LogP contribution in [0.1, 0.15) is 19.4 Å². The fourth-order valence-corrected chi connectivity index (χ4v) is 1.16. The lowest BCUT2D eigenvalue weighted by Crippen LogP contribution is -1.86. The molecule has 15 heavy (non-hydrogen) atoms. The SMILES string of the molecule is C=C(C)N=C/C=C(\C)c1cccc(N)c1. The van der Waals surface area contributed by atoms with Crippen LogP contribution in [-0.2, 0) is 0 Å². The van der Waals surface area contributed by atoms with E-state index in [-0.39, 0.29) is 0 Å². The molecule has 0 atom stereocenters. The van der Waals surface area contributed by atoms with Crippen molar-refractivity contribution in [2.45, 2.75) is 13.8 Å². The lowest BCUT2D eigenvalue weighted by molar-refractivity contribution is 1.34. The van der Waals surface area contributed by atoms with E-state index in [4.69, 9.17) is 5.73 Å². The van der Waals surface area contributed by atoms with Crippen molar-refractivity contribution in [1.82, 2.24) is 0 Å². The fourth-order valence-electron chi connectivity index (χ4n) is 1.16. The summed E-state index contributed by atoms with van der Waals surface area (Å²) in [4.78, 5) is 4.09. The predicted molar refractivity (Wildman–Crippen MR) is 67.8 cm³/mol. The van der Waals surface area contributed by atoms with E-state index in [0.717, 1.165) is 22.5 Å². The zero-order chi connectivity index (χ0) is 11.3. The normalized spacial score (nSPS) is 12.0. The van der Waals surface area contributed by atoms with Gasteiger partial charge >= 0.3 is 0 Å². The maximum Gasteiger partial charge on any atom is 0.0320 e. The highest BCUT2D eigenvalue weighted by molar-refractivity contribution is 5.84. The Morgan fingerprint density at radius 3 is 2.73 bits per heavy atom. The summed E-state index contributed by atoms with van der Waals surface area (Å²) < 4.78 is 0. The van der Waals surface area contributed by atoms with Crippen LogP contribution in [-0.4, -0.2) is 6.21 Å². The Labute approximate surface area is 90.8 Å². The molecular formula is C13H16N2. The molecule has 0 aromatic heterocycles. The van der Waals surface area contributed by atoms with Gasteiger partial charge < -0.3 is 5.73 Å². The van der Waals surface area contributed by atoms with E-state index >= 15 is 0 Å². The van der Waals surface area contributed by atoms with E-state index in [1.807, 2.05) is 44.2 Å². The number of rotatable bonds is 3. The zero-order valence-electron chi connectivity index (χ0n) is 9.20. The van der Waals surface area contributed by atoms with Crippen molar-refractivity contribution in [3.8, 4) is 0 Å². The summed E-state index contributed by atoms with van der Waals surface area (Å²) in [5, 5.41) is 0. The van der Waals surface area contributed by atoms with Crippen molar-refractivity contribution in [1.29, 1.82) is 0 Å². The van der Waals surface area contributed by atoms with Crippen molar-refractivity contribution in [2.75, 3.05) is 5.73 Å². The molecule has 2 nitrogen and oxygen atoms in total. The Kier molecular flexibility index (Phi) is 3.86. The van der Waals surface area contributed by atoms with Crippen molar-refractivity contribution in [2.24, 2.45) is 4.99 Å². The highest BCUT2D eigenvalue weighted by Gasteiger charge is 1.94. The Morgan fingerprint density at radius 1 is 1.40 bits per heavy atom. The minimum Gasteiger partial charge on any atom is -0.399 e. The molecule has 0 amide bonds. The van der Waals surface area contributed by atoms with Gasteiger partial charge in [-0.25, -0.2) is 0 Å². The smallest absolute Gasteiger partial charge is 0.0320 e. The van der Waals surface area contributed by atoms with Gasteiger partial charge in [-0.05, 0) is 43.2 Å². The molecule has 0 bridgehead atoms. The molecule has 0 unspecified atom stereocenters. The van der Waals surface area contributed by atoms with E-state index in [1.165, 1.54) is 0 Å². The molecule has 1 aromatic rings. The molecule has 1 rings (SSSR count). The molecule has 0 fully saturated rings. The highest BCUT2D eigenvalue weighted by Crippen LogP contribution is 2.15. The number of anilines is 1. The molecule has 0 heterocycles. The molecule has 0 aliphatic rings. The summed E-state index contributed by atoms with van der Waals surface area (Å²) in [6.07, 6.45) is 3.70. The standard InChI is InChI=1S/C13H16N2/c1-10(2)15-8-7-11(3)12-5-4-6-13(14)9-12/h4-9H,1,14H2,2-3H3/b11-7+,15-8?. The van der Waals surface area contributed by atoms with Gasteiger partial charge in [0.05, 0.1) is 0 Å². The Morgan fingerprint density at radius 2 is 2.13 bits per heavy atom. The van der Waals surface area contributed by atoms with E-state index in [2.05, 4.69) is 11.6 Å². The first kappa shape index (κ1) is 11.2. The second-order valence-corrected chi connectivity index (χ2v) is 3.49. The Hall–Kier alpha value is -1.83. The third-order valence-corrected chi connectivity index (χ3v) is 1.96. The molecular weight excluding hydrogens is 184 g/mol. The van der Waals surface area contributed by atoms with Crippen molar-refractivity contribution >= 4 is 17.5 Å². The number of nitrogens with zero attached hydrogens (tertiary/aromatic N) is 1. The summed E-state index contributed by atoms with van der Waals surface area (Å²) in [6.45, 7) is 7.58. The van der Waals surface area contributed by atoms with E-state index in [1.54, 1.807) is 6.21 Å². The summed E-state index contributed by atoms with van der Waals surface area (Å²) in [7, 11) is 0. The van der Waals surface area contributed by atoms with Gasteiger partial charge in [-0.15, -0.1) is 0 Å². The van der Waals surface area contributed by atoms with Gasteiger partial charge in [0, 0.05) is 17.6 Å². The van der Waals surface area contributed by atoms with Crippen LogP contribution in [0.5, 0.6) is 0 Å². The largest absolute Gasteiger partial charge is 0.399 e. The summed E-state index contributed by atoms with van der Waals surface area (Å²) in [5.74, 6) is 0. The summed E-state index contributed by atoms with van der Waals surface area (Å²) in [6, 6.07) is 7.79. The van der Waals surface area contributed by atoms with Gasteiger partial charge in [-0.3, -0.25) is 4.99 Å². The maximum absolute atomic E-state index is 5.70. The van der Waals surface area contributed by atoms with Gasteiger partial charge in [0.25, 0.3) is 0 Å². The molecule has 0 spiro atoms. The second-order valence-electron chi connectivity index (χ2n) is 3.49. The maximum atomic E-state index is 5.70. The van der Waals surface area contributed by atoms with E-state index in [0.29, 0.717) is 0 Å². The fraction of sp³-hybridized carbons (Fsp3) is 0.154. The third kappa shape index (κ3) is 3.81. The van der Waals surface area contributed by atoms with Crippen molar-refractivity contribution < 1.29 is 0 Å². The average molecular weight is 200 g/mol. The molecule has 0 aliphatic carbocycles. The van der Waals surface area contributed by atoms with Crippen LogP contribution in [0.25, 0.3) is 5.57 Å². The van der Waals surface area contributed by atoms with Crippen LogP contribution >= 0.6 is 0 Å². The van der Waals surface area contributed by atoms with Crippen LogP contribution in [0, 0.1) is 0 Å². The first-order valence-corrected chi connectivity index (χ1v) is 4.82. The topological polar surface area (TPSA) is 38.4 Å². The lowest BCUT2D eigenvalue weighted by Gasteiger charge is -2.01. The monoisotopic (exact) mass is 200 g/mol. The average Bonchev–Trinajstić information content (AvgIpc) is 2.17. The molecule has 0 aliphatic heterocycles. The lowest BCUT2D eigenvalue weighted by atomic mass is 10.1. The van der Waals surface area contributed by atoms with Crippen LogP contribution in [0.4, 0.5) is 5.69 Å². The quantitative estimate of drug-likeness (QED) is 0.590. The Balaban J connectivity index is 2.84. The van der Waals surface area contributed by atoms with Gasteiger partial charge in [0.2, 0.25) is 0 Å². The third-order valence-electron chi connectivity index (χ3n) is 1.96. The summed E-state index contributed by atoms with van der Waals surface area (Å²) >= 11 is 0. The number of hydrogen-bond donors (Lipinski definition) is 1. The minimum absolute atomic E-state index is 0.775. The van der Waals surface area contributed by atoms with Gasteiger partial charge in [0.1, 0.15) is 0 Å². The number of benzene rings is 1. The predicted octanol–water partition coefficient (Wildman–Crippen LogP) is 3.28. The molecule has 2 N–H and O–H groups in total. The number of allylic oxidation sites excluding steroid dienone is 3. The molecule has 1 aromatic carbocycles. The highest BCUT2D eigenvalue weighted by atomic mass is 14.7. The van der Waals surface area contributed by atoms with Gasteiger partial charge in [0.15, 0.2) is 0 Å². The molecule has 0 saturated heterocycles. The minimum atomic E-state index is 0.775. The van der Waals surface area contributed by atoms with Crippen LogP contribution < -0.4 is 5.73 Å². The van der Waals surface area contributed by atoms with E-state index in [9.17, 15) is 0 Å². The molecule has 0 saturated carbocycles. The van der Waals surface area contributed by atoms with Crippen molar-refractivity contribution in [3.63, 3.8) is 0 Å². The van der Waals surface area contributed by atoms with Crippen LogP contribution in [0.3, 0.4) is 0 Å². The Bertz CT molecular complexity index is 414. The number of nitrogens with two attached hydrogens (primary N) is 1. The molecule has 78 valence electrons. The van der Waals surface area contributed by atoms with E-state index < -0.39 is 0 Å². The number of hydrogen-bond acceptors (Lipinski definition) is 2. The first-order chi connectivity index (χ1) is 7.09. The van der Waals surface area contributed by atoms with Crippen LogP contribution in [0.15, 0.2) is 47.6 Å². The van der Waals surface area contributed by atoms with Gasteiger partial charge in [-0.2, -0.15) is 0 Å². The number of nitrogen functional groups attached to an aromatic ring is 1. The van der Waals surface area contributed by atoms with Crippen molar-refractivity contribution in [3.05, 3.63) is 48.2 Å². The molecule has 2 heteroatoms. The number of aliphatic imine (C=N–C) groups is 1. The van der Waals surface area contributed by atoms with Gasteiger partial charge in [-0.1, -0.05) is 18.7 Å². The summed E-state index contributed by atoms with van der Waals surface area (Å²) in [5.41, 5.74) is 9.52. The van der Waals surface area contributed by atoms with Crippen LogP contribution in [0.2, 0.25) is 0 Å². The second kappa shape index (κ2) is 5.15. The zero-order valence-corrected chi connectivity index (χ0v) is 9.20.